The van der Waals surface area contributed by atoms with Crippen molar-refractivity contribution >= 4 is 11.6 Å². The summed E-state index contributed by atoms with van der Waals surface area (Å²) in [4.78, 5) is 11.5. The second kappa shape index (κ2) is 6.15. The van der Waals surface area contributed by atoms with E-state index in [0.29, 0.717) is 13.2 Å². The molecule has 0 saturated carbocycles. The smallest absolute Gasteiger partial charge is 0.254 e. The maximum absolute atomic E-state index is 13.4. The molecule has 0 unspecified atom stereocenters. The number of halogens is 2. The number of carbonyl (C=O) groups excluding carboxylic acids is 1. The molecule has 0 saturated heterocycles. The van der Waals surface area contributed by atoms with Crippen molar-refractivity contribution < 1.29 is 18.3 Å². The van der Waals surface area contributed by atoms with Crippen LogP contribution in [0, 0.1) is 11.6 Å². The molecule has 0 heterocycles. The number of hydrogen-bond donors (Lipinski definition) is 2. The Hall–Kier alpha value is -1.69. The van der Waals surface area contributed by atoms with Gasteiger partial charge in [0, 0.05) is 13.2 Å². The molecule has 0 atom stereocenters. The van der Waals surface area contributed by atoms with Crippen molar-refractivity contribution in [1.82, 2.24) is 5.32 Å². The highest BCUT2D eigenvalue weighted by Crippen LogP contribution is 2.17. The number of nitrogens with two attached hydrogens (primary N) is 1. The summed E-state index contributed by atoms with van der Waals surface area (Å²) in [7, 11) is 0. The summed E-state index contributed by atoms with van der Waals surface area (Å²) in [6.07, 6.45) is 0. The van der Waals surface area contributed by atoms with Crippen LogP contribution >= 0.6 is 0 Å². The lowest BCUT2D eigenvalue weighted by molar-refractivity contribution is 0.0918. The summed E-state index contributed by atoms with van der Waals surface area (Å²) in [5, 5.41) is 2.40. The summed E-state index contributed by atoms with van der Waals surface area (Å²) in [6, 6.07) is 1.63. The number of anilines is 1. The quantitative estimate of drug-likeness (QED) is 0.606. The van der Waals surface area contributed by atoms with Crippen LogP contribution in [0.15, 0.2) is 12.1 Å². The highest BCUT2D eigenvalue weighted by Gasteiger charge is 2.15. The highest BCUT2D eigenvalue weighted by atomic mass is 19.1. The van der Waals surface area contributed by atoms with E-state index in [2.05, 4.69) is 5.32 Å². The van der Waals surface area contributed by atoms with Gasteiger partial charge in [0.2, 0.25) is 0 Å². The maximum Gasteiger partial charge on any atom is 0.254 e. The van der Waals surface area contributed by atoms with Gasteiger partial charge in [-0.1, -0.05) is 0 Å². The molecule has 0 aliphatic carbocycles. The summed E-state index contributed by atoms with van der Waals surface area (Å²) in [5.41, 5.74) is 4.42. The Bertz CT molecular complexity index is 411. The SMILES string of the molecule is CCOCCNC(=O)c1cc(F)cc(N)c1F. The van der Waals surface area contributed by atoms with E-state index < -0.39 is 23.1 Å². The van der Waals surface area contributed by atoms with Gasteiger partial charge in [0.05, 0.1) is 17.9 Å². The van der Waals surface area contributed by atoms with Gasteiger partial charge in [-0.05, 0) is 19.1 Å². The molecule has 0 radical (unpaired) electrons. The molecule has 0 bridgehead atoms. The van der Waals surface area contributed by atoms with Crippen molar-refractivity contribution in [2.45, 2.75) is 6.92 Å². The number of hydrogen-bond acceptors (Lipinski definition) is 3. The van der Waals surface area contributed by atoms with Crippen LogP contribution in [0.4, 0.5) is 14.5 Å². The Balaban J connectivity index is 2.69. The molecule has 0 aliphatic heterocycles. The fourth-order valence-corrected chi connectivity index (χ4v) is 1.25. The van der Waals surface area contributed by atoms with Gasteiger partial charge in [-0.25, -0.2) is 8.78 Å². The van der Waals surface area contributed by atoms with Crippen LogP contribution in [0.2, 0.25) is 0 Å². The van der Waals surface area contributed by atoms with Crippen LogP contribution < -0.4 is 11.1 Å². The van der Waals surface area contributed by atoms with Crippen molar-refractivity contribution in [2.24, 2.45) is 0 Å². The summed E-state index contributed by atoms with van der Waals surface area (Å²) in [6.45, 7) is 2.88. The maximum atomic E-state index is 13.4. The van der Waals surface area contributed by atoms with Gasteiger partial charge in [-0.2, -0.15) is 0 Å². The standard InChI is InChI=1S/C11H14F2N2O2/c1-2-17-4-3-15-11(16)8-5-7(12)6-9(14)10(8)13/h5-6H,2-4,14H2,1H3,(H,15,16). The van der Waals surface area contributed by atoms with Gasteiger partial charge < -0.3 is 15.8 Å². The van der Waals surface area contributed by atoms with E-state index in [0.717, 1.165) is 12.1 Å². The molecule has 94 valence electrons. The van der Waals surface area contributed by atoms with E-state index in [4.69, 9.17) is 10.5 Å². The zero-order valence-electron chi connectivity index (χ0n) is 9.43. The molecule has 17 heavy (non-hydrogen) atoms. The third kappa shape index (κ3) is 3.67. The lowest BCUT2D eigenvalue weighted by Gasteiger charge is -2.07. The molecule has 1 aromatic carbocycles. The fourth-order valence-electron chi connectivity index (χ4n) is 1.25. The minimum atomic E-state index is -0.916. The van der Waals surface area contributed by atoms with Gasteiger partial charge >= 0.3 is 0 Å². The Morgan fingerprint density at radius 2 is 2.18 bits per heavy atom. The Kier molecular flexibility index (Phi) is 4.84. The number of amides is 1. The van der Waals surface area contributed by atoms with E-state index in [1.165, 1.54) is 0 Å². The first-order chi connectivity index (χ1) is 8.06. The average molecular weight is 244 g/mol. The zero-order chi connectivity index (χ0) is 12.8. The minimum absolute atomic E-state index is 0.225. The number of nitrogens with one attached hydrogen (secondary N) is 1. The molecule has 0 fully saturated rings. The van der Waals surface area contributed by atoms with Crippen LogP contribution in [0.5, 0.6) is 0 Å². The van der Waals surface area contributed by atoms with Crippen molar-refractivity contribution in [3.05, 3.63) is 29.3 Å². The van der Waals surface area contributed by atoms with Crippen LogP contribution in [0.25, 0.3) is 0 Å². The molecule has 0 spiro atoms. The number of carbonyl (C=O) groups is 1. The van der Waals surface area contributed by atoms with Gasteiger partial charge in [0.1, 0.15) is 5.82 Å². The molecule has 4 nitrogen and oxygen atoms in total. The van der Waals surface area contributed by atoms with E-state index in [1.54, 1.807) is 0 Å². The van der Waals surface area contributed by atoms with E-state index >= 15 is 0 Å². The molecule has 1 aromatic rings. The largest absolute Gasteiger partial charge is 0.396 e. The molecular formula is C11H14F2N2O2. The third-order valence-corrected chi connectivity index (χ3v) is 2.05. The van der Waals surface area contributed by atoms with E-state index in [1.807, 2.05) is 6.92 Å². The fraction of sp³-hybridized carbons (Fsp3) is 0.364. The van der Waals surface area contributed by atoms with Gasteiger partial charge in [-0.3, -0.25) is 4.79 Å². The molecular weight excluding hydrogens is 230 g/mol. The number of rotatable bonds is 5. The lowest BCUT2D eigenvalue weighted by atomic mass is 10.1. The first-order valence-corrected chi connectivity index (χ1v) is 5.16. The minimum Gasteiger partial charge on any atom is -0.396 e. The Morgan fingerprint density at radius 1 is 1.47 bits per heavy atom. The van der Waals surface area contributed by atoms with Crippen LogP contribution in [0.3, 0.4) is 0 Å². The van der Waals surface area contributed by atoms with Crippen LogP contribution in [-0.2, 0) is 4.74 Å². The summed E-state index contributed by atoms with van der Waals surface area (Å²) >= 11 is 0. The monoisotopic (exact) mass is 244 g/mol. The molecule has 3 N–H and O–H groups in total. The molecule has 1 amide bonds. The molecule has 0 aliphatic rings. The first-order valence-electron chi connectivity index (χ1n) is 5.16. The predicted octanol–water partition coefficient (Wildman–Crippen LogP) is 1.31. The van der Waals surface area contributed by atoms with Crippen LogP contribution in [0.1, 0.15) is 17.3 Å². The number of benzene rings is 1. The number of ether oxygens (including phenoxy) is 1. The number of nitrogen functional groups attached to an aromatic ring is 1. The Morgan fingerprint density at radius 3 is 2.82 bits per heavy atom. The normalized spacial score (nSPS) is 10.3. The predicted molar refractivity (Wildman–Crippen MR) is 59.6 cm³/mol. The topological polar surface area (TPSA) is 64.3 Å². The second-order valence-corrected chi connectivity index (χ2v) is 3.31. The van der Waals surface area contributed by atoms with E-state index in [9.17, 15) is 13.6 Å². The lowest BCUT2D eigenvalue weighted by Crippen LogP contribution is -2.28. The van der Waals surface area contributed by atoms with Crippen molar-refractivity contribution in [3.63, 3.8) is 0 Å². The van der Waals surface area contributed by atoms with E-state index in [-0.39, 0.29) is 12.2 Å². The van der Waals surface area contributed by atoms with Gasteiger partial charge in [0.15, 0.2) is 5.82 Å². The molecule has 6 heteroatoms. The van der Waals surface area contributed by atoms with Crippen molar-refractivity contribution in [3.8, 4) is 0 Å². The third-order valence-electron chi connectivity index (χ3n) is 2.05. The van der Waals surface area contributed by atoms with Crippen molar-refractivity contribution in [1.29, 1.82) is 0 Å². The first kappa shape index (κ1) is 13.4. The highest BCUT2D eigenvalue weighted by molar-refractivity contribution is 5.95. The van der Waals surface area contributed by atoms with Gasteiger partial charge in [-0.15, -0.1) is 0 Å². The summed E-state index contributed by atoms with van der Waals surface area (Å²) < 4.78 is 31.4. The van der Waals surface area contributed by atoms with Crippen LogP contribution in [-0.4, -0.2) is 25.7 Å². The molecule has 1 rings (SSSR count). The van der Waals surface area contributed by atoms with Crippen molar-refractivity contribution in [2.75, 3.05) is 25.5 Å². The average Bonchev–Trinajstić information content (AvgIpc) is 2.29. The second-order valence-electron chi connectivity index (χ2n) is 3.31. The molecule has 0 aromatic heterocycles. The Labute approximate surface area is 97.8 Å². The zero-order valence-corrected chi connectivity index (χ0v) is 9.43. The van der Waals surface area contributed by atoms with Gasteiger partial charge in [0.25, 0.3) is 5.91 Å². The summed E-state index contributed by atoms with van der Waals surface area (Å²) in [5.74, 6) is -2.38.